The highest BCUT2D eigenvalue weighted by Crippen LogP contribution is 2.62. The number of fused-ring (bicyclic) bond motifs is 1. The van der Waals surface area contributed by atoms with E-state index < -0.39 is 11.4 Å². The number of hydrogen-bond donors (Lipinski definition) is 1. The van der Waals surface area contributed by atoms with Crippen molar-refractivity contribution >= 4 is 5.97 Å². The van der Waals surface area contributed by atoms with Crippen LogP contribution in [0.3, 0.4) is 0 Å². The molecule has 0 radical (unpaired) electrons. The molecule has 0 aromatic carbocycles. The van der Waals surface area contributed by atoms with Gasteiger partial charge < -0.3 is 5.11 Å². The van der Waals surface area contributed by atoms with Crippen LogP contribution in [0.15, 0.2) is 12.2 Å². The Morgan fingerprint density at radius 3 is 2.39 bits per heavy atom. The minimum atomic E-state index is -0.571. The van der Waals surface area contributed by atoms with Crippen LogP contribution in [-0.2, 0) is 4.79 Å². The van der Waals surface area contributed by atoms with Gasteiger partial charge in [0.15, 0.2) is 0 Å². The Morgan fingerprint density at radius 2 is 1.89 bits per heavy atom. The van der Waals surface area contributed by atoms with Gasteiger partial charge >= 0.3 is 5.97 Å². The molecule has 0 aromatic rings. The van der Waals surface area contributed by atoms with Crippen molar-refractivity contribution in [3.05, 3.63) is 12.2 Å². The van der Waals surface area contributed by atoms with Gasteiger partial charge in [0.1, 0.15) is 0 Å². The molecule has 0 heterocycles. The number of aliphatic carboxylic acids is 1. The van der Waals surface area contributed by atoms with Crippen molar-refractivity contribution in [3.8, 4) is 0 Å². The minimum absolute atomic E-state index is 0.252. The second kappa shape index (κ2) is 4.11. The molecule has 2 heteroatoms. The second-order valence-corrected chi connectivity index (χ2v) is 7.26. The van der Waals surface area contributed by atoms with Crippen LogP contribution >= 0.6 is 0 Å². The summed E-state index contributed by atoms with van der Waals surface area (Å²) in [5.41, 5.74) is 0.952. The van der Waals surface area contributed by atoms with Gasteiger partial charge in [0, 0.05) is 0 Å². The van der Waals surface area contributed by atoms with Gasteiger partial charge in [-0.25, -0.2) is 0 Å². The Morgan fingerprint density at radius 1 is 1.28 bits per heavy atom. The van der Waals surface area contributed by atoms with E-state index >= 15 is 0 Å². The number of carboxylic acids is 1. The molecule has 0 bridgehead atoms. The summed E-state index contributed by atoms with van der Waals surface area (Å²) >= 11 is 0. The van der Waals surface area contributed by atoms with E-state index in [2.05, 4.69) is 34.3 Å². The maximum Gasteiger partial charge on any atom is 0.309 e. The molecule has 0 aliphatic heterocycles. The number of rotatable bonds is 2. The lowest BCUT2D eigenvalue weighted by Gasteiger charge is -2.50. The van der Waals surface area contributed by atoms with E-state index in [-0.39, 0.29) is 11.3 Å². The zero-order valence-electron chi connectivity index (χ0n) is 12.1. The highest BCUT2D eigenvalue weighted by Gasteiger charge is 2.60. The predicted molar refractivity (Wildman–Crippen MR) is 73.3 cm³/mol. The Kier molecular flexibility index (Phi) is 3.11. The molecule has 2 fully saturated rings. The number of hydrogen-bond acceptors (Lipinski definition) is 1. The summed E-state index contributed by atoms with van der Waals surface area (Å²) in [7, 11) is 0. The molecule has 2 aliphatic carbocycles. The zero-order valence-corrected chi connectivity index (χ0v) is 12.1. The average Bonchev–Trinajstić information content (AvgIpc) is 2.65. The van der Waals surface area contributed by atoms with Crippen LogP contribution in [0, 0.1) is 28.6 Å². The highest BCUT2D eigenvalue weighted by atomic mass is 16.4. The van der Waals surface area contributed by atoms with Crippen molar-refractivity contribution in [1.82, 2.24) is 0 Å². The van der Waals surface area contributed by atoms with Crippen LogP contribution in [0.1, 0.15) is 53.4 Å². The largest absolute Gasteiger partial charge is 0.481 e. The molecule has 2 saturated carbocycles. The summed E-state index contributed by atoms with van der Waals surface area (Å²) in [6.45, 7) is 13.0. The molecule has 2 nitrogen and oxygen atoms in total. The summed E-state index contributed by atoms with van der Waals surface area (Å²) in [6.07, 6.45) is 3.71. The number of allylic oxidation sites excluding steroid dienone is 1. The quantitative estimate of drug-likeness (QED) is 0.749. The van der Waals surface area contributed by atoms with E-state index in [0.717, 1.165) is 25.7 Å². The molecule has 0 saturated heterocycles. The van der Waals surface area contributed by atoms with Gasteiger partial charge in [0.2, 0.25) is 0 Å². The van der Waals surface area contributed by atoms with E-state index in [9.17, 15) is 9.90 Å². The van der Waals surface area contributed by atoms with Crippen LogP contribution in [-0.4, -0.2) is 11.1 Å². The van der Waals surface area contributed by atoms with E-state index in [4.69, 9.17) is 0 Å². The maximum absolute atomic E-state index is 11.9. The van der Waals surface area contributed by atoms with Gasteiger partial charge in [-0.2, -0.15) is 0 Å². The molecule has 4 unspecified atom stereocenters. The first kappa shape index (κ1) is 13.6. The highest BCUT2D eigenvalue weighted by molar-refractivity contribution is 5.76. The van der Waals surface area contributed by atoms with Gasteiger partial charge in [0.05, 0.1) is 5.41 Å². The van der Waals surface area contributed by atoms with Crippen molar-refractivity contribution in [1.29, 1.82) is 0 Å². The summed E-state index contributed by atoms with van der Waals surface area (Å²) in [4.78, 5) is 11.9. The molecular weight excluding hydrogens is 224 g/mol. The summed E-state index contributed by atoms with van der Waals surface area (Å²) < 4.78 is 0. The van der Waals surface area contributed by atoms with Gasteiger partial charge in [-0.3, -0.25) is 4.79 Å². The fourth-order valence-electron chi connectivity index (χ4n) is 4.43. The summed E-state index contributed by atoms with van der Waals surface area (Å²) in [5.74, 6) is 0.553. The minimum Gasteiger partial charge on any atom is -0.481 e. The van der Waals surface area contributed by atoms with Crippen molar-refractivity contribution in [3.63, 3.8) is 0 Å². The molecule has 18 heavy (non-hydrogen) atoms. The lowest BCUT2D eigenvalue weighted by Crippen LogP contribution is -2.49. The average molecular weight is 250 g/mol. The number of carbonyl (C=O) groups is 1. The van der Waals surface area contributed by atoms with Crippen LogP contribution in [0.5, 0.6) is 0 Å². The first-order chi connectivity index (χ1) is 8.22. The van der Waals surface area contributed by atoms with E-state index in [0.29, 0.717) is 11.8 Å². The van der Waals surface area contributed by atoms with Crippen LogP contribution in [0.2, 0.25) is 0 Å². The molecule has 2 aliphatic rings. The molecule has 2 rings (SSSR count). The van der Waals surface area contributed by atoms with Gasteiger partial charge in [-0.1, -0.05) is 32.9 Å². The normalized spacial score (nSPS) is 42.3. The SMILES string of the molecule is C=C(C)C1CCC2(C(=O)O)CCC(C)(C)C(C)C12. The molecule has 0 amide bonds. The third-order valence-corrected chi connectivity index (χ3v) is 6.02. The number of carboxylic acid groups (broad SMARTS) is 1. The summed E-state index contributed by atoms with van der Waals surface area (Å²) in [5, 5.41) is 9.76. The molecule has 1 N–H and O–H groups in total. The topological polar surface area (TPSA) is 37.3 Å². The monoisotopic (exact) mass is 250 g/mol. The fraction of sp³-hybridized carbons (Fsp3) is 0.812. The maximum atomic E-state index is 11.9. The van der Waals surface area contributed by atoms with Crippen molar-refractivity contribution in [2.24, 2.45) is 28.6 Å². The van der Waals surface area contributed by atoms with E-state index in [1.807, 2.05) is 0 Å². The molecule has 102 valence electrons. The zero-order chi connectivity index (χ0) is 13.7. The van der Waals surface area contributed by atoms with Crippen molar-refractivity contribution in [2.45, 2.75) is 53.4 Å². The molecule has 4 atom stereocenters. The van der Waals surface area contributed by atoms with Gasteiger partial charge in [-0.15, -0.1) is 0 Å². The predicted octanol–water partition coefficient (Wildman–Crippen LogP) is 4.12. The van der Waals surface area contributed by atoms with Crippen molar-refractivity contribution < 1.29 is 9.90 Å². The van der Waals surface area contributed by atoms with Gasteiger partial charge in [-0.05, 0) is 55.8 Å². The molecular formula is C16H26O2. The fourth-order valence-corrected chi connectivity index (χ4v) is 4.43. The Labute approximate surface area is 110 Å². The van der Waals surface area contributed by atoms with Gasteiger partial charge in [0.25, 0.3) is 0 Å². The first-order valence-electron chi connectivity index (χ1n) is 7.11. The summed E-state index contributed by atoms with van der Waals surface area (Å²) in [6, 6.07) is 0. The first-order valence-corrected chi connectivity index (χ1v) is 7.11. The second-order valence-electron chi connectivity index (χ2n) is 7.26. The Balaban J connectivity index is 2.44. The molecule has 0 spiro atoms. The lowest BCUT2D eigenvalue weighted by molar-refractivity contribution is -0.159. The standard InChI is InChI=1S/C16H26O2/c1-10(2)12-6-7-16(14(17)18)9-8-15(4,5)11(3)13(12)16/h11-13H,1,6-9H2,2-5H3,(H,17,18). The smallest absolute Gasteiger partial charge is 0.309 e. The third-order valence-electron chi connectivity index (χ3n) is 6.02. The Hall–Kier alpha value is -0.790. The lowest BCUT2D eigenvalue weighted by atomic mass is 9.53. The third kappa shape index (κ3) is 1.72. The molecule has 0 aromatic heterocycles. The van der Waals surface area contributed by atoms with Crippen LogP contribution < -0.4 is 0 Å². The van der Waals surface area contributed by atoms with Crippen molar-refractivity contribution in [2.75, 3.05) is 0 Å². The van der Waals surface area contributed by atoms with Crippen LogP contribution in [0.4, 0.5) is 0 Å². The Bertz CT molecular complexity index is 383. The van der Waals surface area contributed by atoms with Crippen LogP contribution in [0.25, 0.3) is 0 Å². The van der Waals surface area contributed by atoms with E-state index in [1.54, 1.807) is 0 Å². The van der Waals surface area contributed by atoms with E-state index in [1.165, 1.54) is 5.57 Å².